The molecule has 1 saturated carbocycles. The quantitative estimate of drug-likeness (QED) is 0.314. The average molecular weight is 452 g/mol. The van der Waals surface area contributed by atoms with Crippen LogP contribution in [0.4, 0.5) is 4.79 Å². The molecule has 1 heterocycles. The van der Waals surface area contributed by atoms with Crippen molar-refractivity contribution in [2.75, 3.05) is 13.3 Å². The van der Waals surface area contributed by atoms with E-state index in [0.717, 1.165) is 24.5 Å². The van der Waals surface area contributed by atoms with Crippen molar-refractivity contribution >= 4 is 18.0 Å². The molecule has 0 aromatic carbocycles. The number of rotatable bonds is 10. The molecule has 0 aliphatic heterocycles. The summed E-state index contributed by atoms with van der Waals surface area (Å²) in [6, 6.07) is 0.452. The third-order valence-electron chi connectivity index (χ3n) is 5.86. The predicted octanol–water partition coefficient (Wildman–Crippen LogP) is 3.93. The van der Waals surface area contributed by atoms with Crippen LogP contribution in [0.15, 0.2) is 12.5 Å². The Morgan fingerprint density at radius 1 is 1.22 bits per heavy atom. The van der Waals surface area contributed by atoms with Gasteiger partial charge in [-0.25, -0.2) is 9.78 Å². The predicted molar refractivity (Wildman–Crippen MR) is 118 cm³/mol. The van der Waals surface area contributed by atoms with Gasteiger partial charge in [-0.2, -0.15) is 0 Å². The van der Waals surface area contributed by atoms with Crippen LogP contribution in [0.25, 0.3) is 0 Å². The molecule has 1 fully saturated rings. The SMILES string of the molecule is CC(C)(C)C(=O)OCOC(=O)NCCCC(Cc1cn([C@H]2CC[C@H](C)CC2)cn1)C(=O)O. The summed E-state index contributed by atoms with van der Waals surface area (Å²) in [4.78, 5) is 39.4. The molecule has 1 aromatic heterocycles. The zero-order valence-electron chi connectivity index (χ0n) is 19.6. The maximum Gasteiger partial charge on any atom is 0.410 e. The van der Waals surface area contributed by atoms with E-state index in [1.165, 1.54) is 12.8 Å². The minimum atomic E-state index is -0.872. The average Bonchev–Trinajstić information content (AvgIpc) is 3.18. The van der Waals surface area contributed by atoms with Gasteiger partial charge >= 0.3 is 18.0 Å². The Bertz CT molecular complexity index is 762. The zero-order valence-corrected chi connectivity index (χ0v) is 19.6. The number of amides is 1. The molecule has 1 aliphatic rings. The summed E-state index contributed by atoms with van der Waals surface area (Å²) in [6.45, 7) is 7.20. The minimum Gasteiger partial charge on any atom is -0.481 e. The molecule has 0 bridgehead atoms. The standard InChI is InChI=1S/C23H37N3O6/c1-16-7-9-19(10-8-16)26-13-18(25-14-26)12-17(20(27)28)6-5-11-24-22(30)32-15-31-21(29)23(2,3)4/h13-14,16-17,19H,5-12,15H2,1-4H3,(H,24,30)(H,27,28)/t16-,17?,19-. The van der Waals surface area contributed by atoms with Crippen LogP contribution >= 0.6 is 0 Å². The lowest BCUT2D eigenvalue weighted by Gasteiger charge is -2.26. The second-order valence-electron chi connectivity index (χ2n) is 9.77. The van der Waals surface area contributed by atoms with E-state index >= 15 is 0 Å². The molecular weight excluding hydrogens is 414 g/mol. The molecule has 1 aliphatic carbocycles. The monoisotopic (exact) mass is 451 g/mol. The fourth-order valence-corrected chi connectivity index (χ4v) is 3.73. The molecule has 2 N–H and O–H groups in total. The maximum absolute atomic E-state index is 11.7. The van der Waals surface area contributed by atoms with Gasteiger partial charge in [0.15, 0.2) is 0 Å². The summed E-state index contributed by atoms with van der Waals surface area (Å²) in [7, 11) is 0. The first kappa shape index (κ1) is 25.7. The van der Waals surface area contributed by atoms with Gasteiger partial charge in [-0.3, -0.25) is 9.59 Å². The molecule has 32 heavy (non-hydrogen) atoms. The van der Waals surface area contributed by atoms with Crippen LogP contribution in [0.1, 0.15) is 78.0 Å². The molecule has 9 heteroatoms. The number of hydrogen-bond acceptors (Lipinski definition) is 6. The smallest absolute Gasteiger partial charge is 0.410 e. The summed E-state index contributed by atoms with van der Waals surface area (Å²) in [5.41, 5.74) is 0.111. The number of aliphatic carboxylic acids is 1. The van der Waals surface area contributed by atoms with Crippen LogP contribution < -0.4 is 5.32 Å². The molecule has 1 unspecified atom stereocenters. The van der Waals surface area contributed by atoms with Crippen molar-refractivity contribution in [2.24, 2.45) is 17.3 Å². The number of aromatic nitrogens is 2. The Kier molecular flexibility index (Phi) is 9.53. The number of nitrogens with one attached hydrogen (secondary N) is 1. The van der Waals surface area contributed by atoms with Crippen molar-refractivity contribution in [2.45, 2.75) is 78.7 Å². The number of ether oxygens (including phenoxy) is 2. The fraction of sp³-hybridized carbons (Fsp3) is 0.739. The van der Waals surface area contributed by atoms with Gasteiger partial charge in [0, 0.05) is 25.2 Å². The Morgan fingerprint density at radius 3 is 2.53 bits per heavy atom. The molecule has 1 atom stereocenters. The van der Waals surface area contributed by atoms with Gasteiger partial charge < -0.3 is 24.5 Å². The van der Waals surface area contributed by atoms with Gasteiger partial charge in [0.25, 0.3) is 0 Å². The number of carbonyl (C=O) groups is 3. The maximum atomic E-state index is 11.7. The van der Waals surface area contributed by atoms with E-state index < -0.39 is 36.2 Å². The van der Waals surface area contributed by atoms with E-state index in [4.69, 9.17) is 9.47 Å². The number of esters is 1. The lowest BCUT2D eigenvalue weighted by molar-refractivity contribution is -0.161. The fourth-order valence-electron chi connectivity index (χ4n) is 3.73. The van der Waals surface area contributed by atoms with E-state index in [2.05, 4.69) is 21.8 Å². The van der Waals surface area contributed by atoms with Crippen LogP contribution in [-0.4, -0.2) is 46.0 Å². The van der Waals surface area contributed by atoms with Gasteiger partial charge in [0.2, 0.25) is 6.79 Å². The Morgan fingerprint density at radius 2 is 1.91 bits per heavy atom. The first-order valence-corrected chi connectivity index (χ1v) is 11.4. The van der Waals surface area contributed by atoms with Crippen LogP contribution in [0.5, 0.6) is 0 Å². The lowest BCUT2D eigenvalue weighted by atomic mass is 9.87. The molecular formula is C23H37N3O6. The molecule has 2 rings (SSSR count). The Hall–Kier alpha value is -2.58. The van der Waals surface area contributed by atoms with Crippen molar-refractivity contribution in [3.63, 3.8) is 0 Å². The highest BCUT2D eigenvalue weighted by Crippen LogP contribution is 2.32. The van der Waals surface area contributed by atoms with E-state index in [9.17, 15) is 19.5 Å². The third kappa shape index (κ3) is 8.51. The van der Waals surface area contributed by atoms with Crippen molar-refractivity contribution in [3.8, 4) is 0 Å². The Balaban J connectivity index is 1.69. The van der Waals surface area contributed by atoms with Crippen LogP contribution in [-0.2, 0) is 25.5 Å². The molecule has 1 aromatic rings. The van der Waals surface area contributed by atoms with Crippen molar-refractivity contribution in [1.82, 2.24) is 14.9 Å². The highest BCUT2D eigenvalue weighted by atomic mass is 16.7. The summed E-state index contributed by atoms with van der Waals surface area (Å²) in [6.07, 6.45) is 9.03. The van der Waals surface area contributed by atoms with Gasteiger partial charge in [-0.05, 0) is 65.2 Å². The molecule has 1 amide bonds. The molecule has 9 nitrogen and oxygen atoms in total. The van der Waals surface area contributed by atoms with Gasteiger partial charge in [-0.1, -0.05) is 6.92 Å². The number of carboxylic acids is 1. The van der Waals surface area contributed by atoms with Crippen LogP contribution in [0.3, 0.4) is 0 Å². The van der Waals surface area contributed by atoms with Crippen LogP contribution in [0, 0.1) is 17.3 Å². The Labute approximate surface area is 189 Å². The highest BCUT2D eigenvalue weighted by molar-refractivity contribution is 5.75. The van der Waals surface area contributed by atoms with Gasteiger partial charge in [0.1, 0.15) is 0 Å². The molecule has 0 saturated heterocycles. The number of carboxylic acid groups (broad SMARTS) is 1. The first-order valence-electron chi connectivity index (χ1n) is 11.4. The van der Waals surface area contributed by atoms with Gasteiger partial charge in [-0.15, -0.1) is 0 Å². The van der Waals surface area contributed by atoms with Gasteiger partial charge in [0.05, 0.1) is 23.4 Å². The summed E-state index contributed by atoms with van der Waals surface area (Å²) in [5, 5.41) is 12.1. The second-order valence-corrected chi connectivity index (χ2v) is 9.77. The number of imidazole rings is 1. The normalized spacial score (nSPS) is 19.8. The molecule has 0 radical (unpaired) electrons. The highest BCUT2D eigenvalue weighted by Gasteiger charge is 2.24. The van der Waals surface area contributed by atoms with E-state index in [1.807, 2.05) is 12.5 Å². The number of alkyl carbamates (subject to hydrolysis) is 1. The number of carbonyl (C=O) groups excluding carboxylic acids is 2. The summed E-state index contributed by atoms with van der Waals surface area (Å²) in [5.74, 6) is -1.14. The summed E-state index contributed by atoms with van der Waals surface area (Å²) >= 11 is 0. The molecule has 180 valence electrons. The van der Waals surface area contributed by atoms with Crippen molar-refractivity contribution in [1.29, 1.82) is 0 Å². The largest absolute Gasteiger partial charge is 0.481 e. The first-order chi connectivity index (χ1) is 15.1. The molecule has 0 spiro atoms. The van der Waals surface area contributed by atoms with E-state index in [0.29, 0.717) is 25.3 Å². The third-order valence-corrected chi connectivity index (χ3v) is 5.86. The number of nitrogens with zero attached hydrogens (tertiary/aromatic N) is 2. The lowest BCUT2D eigenvalue weighted by Crippen LogP contribution is -2.29. The van der Waals surface area contributed by atoms with Crippen molar-refractivity contribution in [3.05, 3.63) is 18.2 Å². The van der Waals surface area contributed by atoms with E-state index in [1.54, 1.807) is 20.8 Å². The number of hydrogen-bond donors (Lipinski definition) is 2. The van der Waals surface area contributed by atoms with Crippen molar-refractivity contribution < 1.29 is 29.0 Å². The van der Waals surface area contributed by atoms with Crippen LogP contribution in [0.2, 0.25) is 0 Å². The van der Waals surface area contributed by atoms with E-state index in [-0.39, 0.29) is 6.54 Å². The topological polar surface area (TPSA) is 120 Å². The minimum absolute atomic E-state index is 0.268. The summed E-state index contributed by atoms with van der Waals surface area (Å²) < 4.78 is 11.8. The zero-order chi connectivity index (χ0) is 23.7. The second kappa shape index (κ2) is 11.9.